The number of carbonyl (C=O) groups is 2. The van der Waals surface area contributed by atoms with E-state index in [0.29, 0.717) is 18.9 Å². The summed E-state index contributed by atoms with van der Waals surface area (Å²) in [5.74, 6) is -0.323. The van der Waals surface area contributed by atoms with Crippen molar-refractivity contribution in [2.75, 3.05) is 25.0 Å². The Morgan fingerprint density at radius 1 is 1.21 bits per heavy atom. The van der Waals surface area contributed by atoms with Gasteiger partial charge in [0.15, 0.2) is 0 Å². The second-order valence-electron chi connectivity index (χ2n) is 7.06. The van der Waals surface area contributed by atoms with Crippen LogP contribution in [0.15, 0.2) is 18.2 Å². The van der Waals surface area contributed by atoms with Gasteiger partial charge in [0.25, 0.3) is 0 Å². The number of hydrogen-bond acceptors (Lipinski definition) is 3. The highest BCUT2D eigenvalue weighted by Crippen LogP contribution is 2.25. The van der Waals surface area contributed by atoms with Crippen LogP contribution < -0.4 is 5.32 Å². The molecule has 0 aromatic heterocycles. The van der Waals surface area contributed by atoms with Crippen molar-refractivity contribution in [1.82, 2.24) is 4.90 Å². The van der Waals surface area contributed by atoms with Gasteiger partial charge >= 0.3 is 5.97 Å². The third-order valence-corrected chi connectivity index (χ3v) is 5.12. The lowest BCUT2D eigenvalue weighted by molar-refractivity contribution is -0.137. The van der Waals surface area contributed by atoms with Crippen molar-refractivity contribution < 1.29 is 14.7 Å². The fourth-order valence-corrected chi connectivity index (χ4v) is 3.91. The van der Waals surface area contributed by atoms with Gasteiger partial charge in [-0.25, -0.2) is 0 Å². The van der Waals surface area contributed by atoms with Gasteiger partial charge in [-0.15, -0.1) is 0 Å². The molecule has 3 rings (SSSR count). The largest absolute Gasteiger partial charge is 0.481 e. The van der Waals surface area contributed by atoms with Gasteiger partial charge in [0, 0.05) is 18.7 Å². The van der Waals surface area contributed by atoms with Crippen molar-refractivity contribution in [1.29, 1.82) is 0 Å². The number of amides is 1. The first-order valence-corrected chi connectivity index (χ1v) is 8.96. The van der Waals surface area contributed by atoms with Crippen molar-refractivity contribution in [2.45, 2.75) is 44.9 Å². The molecule has 24 heavy (non-hydrogen) atoms. The van der Waals surface area contributed by atoms with E-state index < -0.39 is 5.97 Å². The van der Waals surface area contributed by atoms with E-state index in [0.717, 1.165) is 44.5 Å². The number of nitrogens with zero attached hydrogens (tertiary/aromatic N) is 1. The van der Waals surface area contributed by atoms with Gasteiger partial charge in [0.05, 0.1) is 6.54 Å². The number of nitrogens with one attached hydrogen (secondary N) is 1. The van der Waals surface area contributed by atoms with Crippen molar-refractivity contribution in [3.8, 4) is 0 Å². The zero-order valence-corrected chi connectivity index (χ0v) is 14.1. The molecule has 2 N–H and O–H groups in total. The molecule has 2 aliphatic rings. The molecule has 1 atom stereocenters. The van der Waals surface area contributed by atoms with E-state index in [9.17, 15) is 9.59 Å². The lowest BCUT2D eigenvalue weighted by Crippen LogP contribution is -2.40. The third kappa shape index (κ3) is 4.57. The quantitative estimate of drug-likeness (QED) is 0.841. The molecule has 1 aromatic carbocycles. The number of carboxylic acids is 1. The summed E-state index contributed by atoms with van der Waals surface area (Å²) in [6.45, 7) is 2.13. The number of anilines is 1. The summed E-state index contributed by atoms with van der Waals surface area (Å²) in [5.41, 5.74) is 3.66. The average Bonchev–Trinajstić information content (AvgIpc) is 3.01. The number of rotatable bonds is 6. The predicted molar refractivity (Wildman–Crippen MR) is 93.1 cm³/mol. The molecule has 1 unspecified atom stereocenters. The van der Waals surface area contributed by atoms with E-state index in [2.05, 4.69) is 22.3 Å². The van der Waals surface area contributed by atoms with E-state index >= 15 is 0 Å². The molecule has 1 aliphatic heterocycles. The number of hydrogen-bond donors (Lipinski definition) is 2. The van der Waals surface area contributed by atoms with Gasteiger partial charge < -0.3 is 10.4 Å². The Balaban J connectivity index is 1.48. The van der Waals surface area contributed by atoms with Crippen molar-refractivity contribution >= 4 is 17.6 Å². The molecule has 0 spiro atoms. The lowest BCUT2D eigenvalue weighted by Gasteiger charge is -2.32. The van der Waals surface area contributed by atoms with Gasteiger partial charge in [-0.3, -0.25) is 14.5 Å². The molecule has 1 fully saturated rings. The standard InChI is InChI=1S/C19H26N2O3/c22-18(20-17-8-7-15-4-1-5-16(15)11-17)13-21-10-2-3-14(12-21)6-9-19(23)24/h7-8,11,14H,1-6,9-10,12-13H2,(H,20,22)(H,23,24). The topological polar surface area (TPSA) is 69.6 Å². The fourth-order valence-electron chi connectivity index (χ4n) is 3.91. The molecular weight excluding hydrogens is 304 g/mol. The molecular formula is C19H26N2O3. The Morgan fingerprint density at radius 2 is 2.04 bits per heavy atom. The number of benzene rings is 1. The summed E-state index contributed by atoms with van der Waals surface area (Å²) in [6, 6.07) is 6.22. The number of piperidine rings is 1. The van der Waals surface area contributed by atoms with Crippen LogP contribution in [0.3, 0.4) is 0 Å². The molecule has 1 aromatic rings. The normalized spacial score (nSPS) is 20.6. The van der Waals surface area contributed by atoms with Gasteiger partial charge in [-0.2, -0.15) is 0 Å². The number of aryl methyl sites for hydroxylation is 2. The van der Waals surface area contributed by atoms with Crippen LogP contribution in [0.1, 0.15) is 43.2 Å². The Hall–Kier alpha value is -1.88. The van der Waals surface area contributed by atoms with Crippen LogP contribution in [0.5, 0.6) is 0 Å². The highest BCUT2D eigenvalue weighted by Gasteiger charge is 2.22. The highest BCUT2D eigenvalue weighted by atomic mass is 16.4. The first kappa shape index (κ1) is 17.0. The lowest BCUT2D eigenvalue weighted by atomic mass is 9.93. The molecule has 0 radical (unpaired) electrons. The summed E-state index contributed by atoms with van der Waals surface area (Å²) in [6.07, 6.45) is 6.49. The maximum absolute atomic E-state index is 12.3. The maximum atomic E-state index is 12.3. The Bertz CT molecular complexity index is 615. The number of aliphatic carboxylic acids is 1. The molecule has 1 aliphatic carbocycles. The Labute approximate surface area is 143 Å². The molecule has 0 saturated carbocycles. The molecule has 1 saturated heterocycles. The smallest absolute Gasteiger partial charge is 0.303 e. The summed E-state index contributed by atoms with van der Waals surface area (Å²) in [7, 11) is 0. The number of carboxylic acid groups (broad SMARTS) is 1. The van der Waals surface area contributed by atoms with Crippen molar-refractivity contribution in [3.05, 3.63) is 29.3 Å². The summed E-state index contributed by atoms with van der Waals surface area (Å²) in [4.78, 5) is 25.2. The second kappa shape index (κ2) is 7.79. The first-order chi connectivity index (χ1) is 11.6. The summed E-state index contributed by atoms with van der Waals surface area (Å²) >= 11 is 0. The first-order valence-electron chi connectivity index (χ1n) is 8.96. The monoisotopic (exact) mass is 330 g/mol. The minimum Gasteiger partial charge on any atom is -0.481 e. The number of fused-ring (bicyclic) bond motifs is 1. The van der Waals surface area contributed by atoms with Crippen LogP contribution in [-0.4, -0.2) is 41.5 Å². The Morgan fingerprint density at radius 3 is 2.88 bits per heavy atom. The molecule has 1 heterocycles. The van der Waals surface area contributed by atoms with Crippen molar-refractivity contribution in [3.63, 3.8) is 0 Å². The van der Waals surface area contributed by atoms with Gasteiger partial charge in [-0.1, -0.05) is 6.07 Å². The highest BCUT2D eigenvalue weighted by molar-refractivity contribution is 5.92. The molecule has 130 valence electrons. The van der Waals surface area contributed by atoms with Gasteiger partial charge in [-0.05, 0) is 74.2 Å². The predicted octanol–water partition coefficient (Wildman–Crippen LogP) is 2.69. The number of likely N-dealkylation sites (tertiary alicyclic amines) is 1. The van der Waals surface area contributed by atoms with E-state index in [1.807, 2.05) is 6.07 Å². The van der Waals surface area contributed by atoms with Crippen LogP contribution >= 0.6 is 0 Å². The minimum absolute atomic E-state index is 0.0202. The van der Waals surface area contributed by atoms with Crippen LogP contribution in [0.2, 0.25) is 0 Å². The molecule has 0 bridgehead atoms. The fraction of sp³-hybridized carbons (Fsp3) is 0.579. The van der Waals surface area contributed by atoms with Crippen molar-refractivity contribution in [2.24, 2.45) is 5.92 Å². The number of carbonyl (C=O) groups excluding carboxylic acids is 1. The summed E-state index contributed by atoms with van der Waals surface area (Å²) in [5, 5.41) is 11.8. The van der Waals surface area contributed by atoms with Gasteiger partial charge in [0.2, 0.25) is 5.91 Å². The Kier molecular flexibility index (Phi) is 5.51. The van der Waals surface area contributed by atoms with E-state index in [-0.39, 0.29) is 12.3 Å². The molecule has 5 heteroatoms. The molecule has 1 amide bonds. The van der Waals surface area contributed by atoms with Crippen LogP contribution in [0.4, 0.5) is 5.69 Å². The van der Waals surface area contributed by atoms with E-state index in [1.54, 1.807) is 0 Å². The zero-order valence-electron chi connectivity index (χ0n) is 14.1. The van der Waals surface area contributed by atoms with Crippen LogP contribution in [0, 0.1) is 5.92 Å². The SMILES string of the molecule is O=C(O)CCC1CCCN(CC(=O)Nc2ccc3c(c2)CCC3)C1. The average molecular weight is 330 g/mol. The van der Waals surface area contributed by atoms with Crippen LogP contribution in [-0.2, 0) is 22.4 Å². The third-order valence-electron chi connectivity index (χ3n) is 5.12. The second-order valence-corrected chi connectivity index (χ2v) is 7.06. The minimum atomic E-state index is -0.735. The van der Waals surface area contributed by atoms with E-state index in [4.69, 9.17) is 5.11 Å². The molecule has 5 nitrogen and oxygen atoms in total. The maximum Gasteiger partial charge on any atom is 0.303 e. The van der Waals surface area contributed by atoms with Gasteiger partial charge in [0.1, 0.15) is 0 Å². The zero-order chi connectivity index (χ0) is 16.9. The van der Waals surface area contributed by atoms with Crippen LogP contribution in [0.25, 0.3) is 0 Å². The summed E-state index contributed by atoms with van der Waals surface area (Å²) < 4.78 is 0. The van der Waals surface area contributed by atoms with E-state index in [1.165, 1.54) is 17.5 Å².